The first-order valence-electron chi connectivity index (χ1n) is 5.04. The van der Waals surface area contributed by atoms with E-state index in [9.17, 15) is 5.11 Å². The summed E-state index contributed by atoms with van der Waals surface area (Å²) in [6.07, 6.45) is -0.660. The lowest BCUT2D eigenvalue weighted by atomic mass is 10.2. The molecule has 0 aliphatic heterocycles. The Morgan fingerprint density at radius 1 is 1.12 bits per heavy atom. The molecule has 0 amide bonds. The van der Waals surface area contributed by atoms with Gasteiger partial charge in [-0.3, -0.25) is 0 Å². The Labute approximate surface area is 96.8 Å². The van der Waals surface area contributed by atoms with Crippen molar-refractivity contribution in [2.45, 2.75) is 6.10 Å². The van der Waals surface area contributed by atoms with Crippen molar-refractivity contribution in [3.8, 4) is 0 Å². The fourth-order valence-corrected chi connectivity index (χ4v) is 2.44. The van der Waals surface area contributed by atoms with Gasteiger partial charge in [0, 0.05) is 10.3 Å². The first-order valence-corrected chi connectivity index (χ1v) is 5.92. The van der Waals surface area contributed by atoms with Crippen molar-refractivity contribution in [2.75, 3.05) is 0 Å². The maximum absolute atomic E-state index is 10.1. The molecule has 0 aliphatic carbocycles. The Balaban J connectivity index is 2.06. The molecular formula is C13H10O2S. The molecule has 2 aromatic heterocycles. The van der Waals surface area contributed by atoms with E-state index < -0.39 is 6.10 Å². The van der Waals surface area contributed by atoms with E-state index in [1.165, 1.54) is 11.3 Å². The summed E-state index contributed by atoms with van der Waals surface area (Å²) < 4.78 is 5.61. The molecule has 3 rings (SSSR count). The van der Waals surface area contributed by atoms with Crippen molar-refractivity contribution in [3.05, 3.63) is 58.5 Å². The van der Waals surface area contributed by atoms with Crippen LogP contribution in [0.2, 0.25) is 0 Å². The number of thiophene rings is 1. The monoisotopic (exact) mass is 230 g/mol. The second-order valence-corrected chi connectivity index (χ2v) is 4.58. The lowest BCUT2D eigenvalue weighted by Gasteiger charge is -2.03. The Morgan fingerprint density at radius 3 is 2.75 bits per heavy atom. The third-order valence-corrected chi connectivity index (χ3v) is 3.45. The lowest BCUT2D eigenvalue weighted by Crippen LogP contribution is -1.93. The van der Waals surface area contributed by atoms with E-state index in [2.05, 4.69) is 0 Å². The van der Waals surface area contributed by atoms with E-state index >= 15 is 0 Å². The van der Waals surface area contributed by atoms with Gasteiger partial charge >= 0.3 is 0 Å². The van der Waals surface area contributed by atoms with Crippen LogP contribution in [0.3, 0.4) is 0 Å². The average molecular weight is 230 g/mol. The minimum Gasteiger partial charge on any atom is -0.458 e. The van der Waals surface area contributed by atoms with Crippen molar-refractivity contribution in [1.29, 1.82) is 0 Å². The average Bonchev–Trinajstić information content (AvgIpc) is 2.97. The Kier molecular flexibility index (Phi) is 2.27. The van der Waals surface area contributed by atoms with Crippen molar-refractivity contribution in [3.63, 3.8) is 0 Å². The number of aliphatic hydroxyl groups is 1. The second-order valence-electron chi connectivity index (χ2n) is 3.60. The number of para-hydroxylation sites is 1. The maximum atomic E-state index is 10.1. The fourth-order valence-electron chi connectivity index (χ4n) is 1.72. The highest BCUT2D eigenvalue weighted by Crippen LogP contribution is 2.30. The van der Waals surface area contributed by atoms with Crippen LogP contribution in [0.5, 0.6) is 0 Å². The van der Waals surface area contributed by atoms with Crippen LogP contribution in [0.25, 0.3) is 11.0 Å². The minimum atomic E-state index is -0.660. The van der Waals surface area contributed by atoms with Crippen LogP contribution < -0.4 is 0 Å². The topological polar surface area (TPSA) is 33.4 Å². The zero-order chi connectivity index (χ0) is 11.0. The second kappa shape index (κ2) is 3.77. The zero-order valence-electron chi connectivity index (χ0n) is 8.46. The molecule has 80 valence electrons. The van der Waals surface area contributed by atoms with Crippen LogP contribution in [-0.4, -0.2) is 5.11 Å². The number of hydrogen-bond donors (Lipinski definition) is 1. The summed E-state index contributed by atoms with van der Waals surface area (Å²) in [5, 5.41) is 13.1. The molecule has 3 aromatic rings. The van der Waals surface area contributed by atoms with Crippen LogP contribution in [-0.2, 0) is 0 Å². The zero-order valence-corrected chi connectivity index (χ0v) is 9.28. The van der Waals surface area contributed by atoms with E-state index in [1.807, 2.05) is 47.8 Å². The van der Waals surface area contributed by atoms with Gasteiger partial charge in [0.05, 0.1) is 0 Å². The number of rotatable bonds is 2. The summed E-state index contributed by atoms with van der Waals surface area (Å²) in [6.45, 7) is 0. The number of benzene rings is 1. The normalized spacial score (nSPS) is 13.1. The number of fused-ring (bicyclic) bond motifs is 1. The molecule has 1 N–H and O–H groups in total. The lowest BCUT2D eigenvalue weighted by molar-refractivity contribution is 0.196. The number of furan rings is 1. The summed E-state index contributed by atoms with van der Waals surface area (Å²) in [5.41, 5.74) is 0.813. The molecule has 3 heteroatoms. The fraction of sp³-hybridized carbons (Fsp3) is 0.0769. The molecule has 0 bridgehead atoms. The molecule has 0 saturated carbocycles. The summed E-state index contributed by atoms with van der Waals surface area (Å²) in [4.78, 5) is 0.902. The van der Waals surface area contributed by atoms with Crippen molar-refractivity contribution in [1.82, 2.24) is 0 Å². The van der Waals surface area contributed by atoms with E-state index in [4.69, 9.17) is 4.42 Å². The first kappa shape index (κ1) is 9.63. The van der Waals surface area contributed by atoms with Gasteiger partial charge in [0.2, 0.25) is 0 Å². The molecule has 0 saturated heterocycles. The van der Waals surface area contributed by atoms with Crippen LogP contribution in [0, 0.1) is 0 Å². The molecule has 0 fully saturated rings. The standard InChI is InChI=1S/C13H10O2S/c14-13(12-6-3-7-16-12)11-8-9-4-1-2-5-10(9)15-11/h1-8,13-14H. The Morgan fingerprint density at radius 2 is 2.00 bits per heavy atom. The minimum absolute atomic E-state index is 0.601. The summed E-state index contributed by atoms with van der Waals surface area (Å²) in [7, 11) is 0. The van der Waals surface area contributed by atoms with Gasteiger partial charge < -0.3 is 9.52 Å². The van der Waals surface area contributed by atoms with Gasteiger partial charge in [-0.25, -0.2) is 0 Å². The van der Waals surface area contributed by atoms with Crippen LogP contribution in [0.15, 0.2) is 52.3 Å². The SMILES string of the molecule is OC(c1cc2ccccc2o1)c1cccs1. The highest BCUT2D eigenvalue weighted by Gasteiger charge is 2.15. The predicted molar refractivity (Wildman–Crippen MR) is 64.6 cm³/mol. The van der Waals surface area contributed by atoms with Gasteiger partial charge in [-0.2, -0.15) is 0 Å². The molecule has 1 unspecified atom stereocenters. The van der Waals surface area contributed by atoms with Gasteiger partial charge in [0.15, 0.2) is 0 Å². The molecule has 1 atom stereocenters. The van der Waals surface area contributed by atoms with Crippen molar-refractivity contribution >= 4 is 22.3 Å². The summed E-state index contributed by atoms with van der Waals surface area (Å²) in [5.74, 6) is 0.601. The molecule has 16 heavy (non-hydrogen) atoms. The first-order chi connectivity index (χ1) is 7.84. The predicted octanol–water partition coefficient (Wildman–Crippen LogP) is 3.58. The van der Waals surface area contributed by atoms with Crippen LogP contribution in [0.1, 0.15) is 16.7 Å². The third-order valence-electron chi connectivity index (χ3n) is 2.53. The smallest absolute Gasteiger partial charge is 0.146 e. The van der Waals surface area contributed by atoms with Crippen LogP contribution >= 0.6 is 11.3 Å². The Bertz CT molecular complexity index is 562. The highest BCUT2D eigenvalue weighted by atomic mass is 32.1. The third kappa shape index (κ3) is 1.54. The maximum Gasteiger partial charge on any atom is 0.146 e. The van der Waals surface area contributed by atoms with Crippen molar-refractivity contribution < 1.29 is 9.52 Å². The highest BCUT2D eigenvalue weighted by molar-refractivity contribution is 7.10. The van der Waals surface area contributed by atoms with Crippen molar-refractivity contribution in [2.24, 2.45) is 0 Å². The summed E-state index contributed by atoms with van der Waals surface area (Å²) in [6, 6.07) is 13.5. The molecule has 2 heterocycles. The largest absolute Gasteiger partial charge is 0.458 e. The summed E-state index contributed by atoms with van der Waals surface area (Å²) >= 11 is 1.53. The van der Waals surface area contributed by atoms with Crippen LogP contribution in [0.4, 0.5) is 0 Å². The van der Waals surface area contributed by atoms with Gasteiger partial charge in [-0.05, 0) is 23.6 Å². The van der Waals surface area contributed by atoms with E-state index in [0.29, 0.717) is 5.76 Å². The number of hydrogen-bond acceptors (Lipinski definition) is 3. The molecule has 0 aliphatic rings. The molecule has 0 radical (unpaired) electrons. The molecule has 0 spiro atoms. The Hall–Kier alpha value is -1.58. The van der Waals surface area contributed by atoms with Gasteiger partial charge in [0.25, 0.3) is 0 Å². The number of aliphatic hydroxyl groups excluding tert-OH is 1. The molecular weight excluding hydrogens is 220 g/mol. The van der Waals surface area contributed by atoms with Gasteiger partial charge in [-0.1, -0.05) is 24.3 Å². The van der Waals surface area contributed by atoms with Gasteiger partial charge in [0.1, 0.15) is 17.4 Å². The van der Waals surface area contributed by atoms with E-state index in [0.717, 1.165) is 15.8 Å². The molecule has 1 aromatic carbocycles. The van der Waals surface area contributed by atoms with E-state index in [-0.39, 0.29) is 0 Å². The quantitative estimate of drug-likeness (QED) is 0.730. The van der Waals surface area contributed by atoms with Gasteiger partial charge in [-0.15, -0.1) is 11.3 Å². The van der Waals surface area contributed by atoms with E-state index in [1.54, 1.807) is 0 Å². The molecule has 2 nitrogen and oxygen atoms in total.